The van der Waals surface area contributed by atoms with Crippen LogP contribution in [0, 0.1) is 0 Å². The zero-order valence-corrected chi connectivity index (χ0v) is 7.56. The lowest BCUT2D eigenvalue weighted by atomic mass is 10.3. The molecule has 1 aromatic heterocycles. The Morgan fingerprint density at radius 2 is 2.54 bits per heavy atom. The van der Waals surface area contributed by atoms with Gasteiger partial charge in [-0.1, -0.05) is 5.21 Å². The van der Waals surface area contributed by atoms with Crippen molar-refractivity contribution in [3.63, 3.8) is 0 Å². The minimum absolute atomic E-state index is 0.327. The molecule has 0 aliphatic heterocycles. The van der Waals surface area contributed by atoms with Crippen LogP contribution in [0.25, 0.3) is 0 Å². The summed E-state index contributed by atoms with van der Waals surface area (Å²) in [4.78, 5) is 10.9. The first-order chi connectivity index (χ1) is 6.11. The van der Waals surface area contributed by atoms with Gasteiger partial charge < -0.3 is 10.4 Å². The molecule has 0 aliphatic rings. The van der Waals surface area contributed by atoms with Gasteiger partial charge in [-0.25, -0.2) is 0 Å². The fourth-order valence-corrected chi connectivity index (χ4v) is 0.796. The molecule has 0 saturated carbocycles. The van der Waals surface area contributed by atoms with Crippen LogP contribution in [-0.2, 0) is 18.4 Å². The second kappa shape index (κ2) is 3.99. The Kier molecular flexibility index (Phi) is 2.97. The van der Waals surface area contributed by atoms with Gasteiger partial charge in [-0.15, -0.1) is 5.10 Å². The van der Waals surface area contributed by atoms with Gasteiger partial charge in [0.1, 0.15) is 6.10 Å². The molecular weight excluding hydrogens is 172 g/mol. The number of aliphatic hydroxyl groups excluding tert-OH is 1. The highest BCUT2D eigenvalue weighted by Crippen LogP contribution is 1.92. The van der Waals surface area contributed by atoms with Gasteiger partial charge in [0.15, 0.2) is 0 Å². The van der Waals surface area contributed by atoms with Crippen molar-refractivity contribution < 1.29 is 9.90 Å². The number of amides is 1. The van der Waals surface area contributed by atoms with E-state index in [1.165, 1.54) is 6.92 Å². The summed E-state index contributed by atoms with van der Waals surface area (Å²) in [5.74, 6) is -0.402. The van der Waals surface area contributed by atoms with Crippen LogP contribution in [0.4, 0.5) is 0 Å². The van der Waals surface area contributed by atoms with Crippen LogP contribution >= 0.6 is 0 Å². The van der Waals surface area contributed by atoms with E-state index in [9.17, 15) is 4.79 Å². The van der Waals surface area contributed by atoms with Crippen LogP contribution in [0.2, 0.25) is 0 Å². The highest BCUT2D eigenvalue weighted by Gasteiger charge is 2.08. The molecule has 0 aliphatic carbocycles. The number of nitrogens with one attached hydrogen (secondary N) is 1. The first-order valence-corrected chi connectivity index (χ1v) is 3.90. The Bertz CT molecular complexity index is 294. The second-order valence-electron chi connectivity index (χ2n) is 2.74. The Morgan fingerprint density at radius 3 is 3.00 bits per heavy atom. The summed E-state index contributed by atoms with van der Waals surface area (Å²) in [6, 6.07) is 0. The smallest absolute Gasteiger partial charge is 0.248 e. The molecule has 1 atom stereocenters. The number of nitrogens with zero attached hydrogens (tertiary/aromatic N) is 3. The highest BCUT2D eigenvalue weighted by molar-refractivity contribution is 5.79. The van der Waals surface area contributed by atoms with Gasteiger partial charge in [-0.05, 0) is 6.92 Å². The molecule has 1 amide bonds. The highest BCUT2D eigenvalue weighted by atomic mass is 16.3. The van der Waals surface area contributed by atoms with Crippen LogP contribution in [0.3, 0.4) is 0 Å². The number of aromatic nitrogens is 3. The van der Waals surface area contributed by atoms with Crippen molar-refractivity contribution in [2.24, 2.45) is 7.05 Å². The molecule has 0 unspecified atom stereocenters. The van der Waals surface area contributed by atoms with Crippen molar-refractivity contribution in [2.75, 3.05) is 0 Å². The van der Waals surface area contributed by atoms with E-state index in [1.54, 1.807) is 17.9 Å². The molecule has 0 saturated heterocycles. The Balaban J connectivity index is 2.44. The summed E-state index contributed by atoms with van der Waals surface area (Å²) < 4.78 is 1.56. The summed E-state index contributed by atoms with van der Waals surface area (Å²) in [7, 11) is 1.73. The monoisotopic (exact) mass is 184 g/mol. The molecule has 0 bridgehead atoms. The van der Waals surface area contributed by atoms with Crippen molar-refractivity contribution in [2.45, 2.75) is 19.6 Å². The number of rotatable bonds is 3. The molecule has 72 valence electrons. The Labute approximate surface area is 75.6 Å². The van der Waals surface area contributed by atoms with Crippen molar-refractivity contribution in [3.05, 3.63) is 11.9 Å². The van der Waals surface area contributed by atoms with E-state index in [0.717, 1.165) is 5.69 Å². The maximum atomic E-state index is 10.9. The third-order valence-electron chi connectivity index (χ3n) is 1.63. The lowest BCUT2D eigenvalue weighted by molar-refractivity contribution is -0.128. The zero-order chi connectivity index (χ0) is 9.84. The van der Waals surface area contributed by atoms with E-state index in [1.807, 2.05) is 0 Å². The molecule has 6 nitrogen and oxygen atoms in total. The van der Waals surface area contributed by atoms with Gasteiger partial charge >= 0.3 is 0 Å². The minimum atomic E-state index is -0.985. The maximum absolute atomic E-state index is 10.9. The van der Waals surface area contributed by atoms with Gasteiger partial charge in [0.05, 0.1) is 18.4 Å². The van der Waals surface area contributed by atoms with Crippen molar-refractivity contribution in [3.8, 4) is 0 Å². The third-order valence-corrected chi connectivity index (χ3v) is 1.63. The van der Waals surface area contributed by atoms with E-state index in [-0.39, 0.29) is 0 Å². The number of aliphatic hydroxyl groups is 1. The minimum Gasteiger partial charge on any atom is -0.384 e. The fraction of sp³-hybridized carbons (Fsp3) is 0.571. The lowest BCUT2D eigenvalue weighted by Gasteiger charge is -2.05. The van der Waals surface area contributed by atoms with Gasteiger partial charge in [0.25, 0.3) is 0 Å². The van der Waals surface area contributed by atoms with Gasteiger partial charge in [-0.2, -0.15) is 0 Å². The van der Waals surface area contributed by atoms with Crippen LogP contribution in [0.5, 0.6) is 0 Å². The molecule has 2 N–H and O–H groups in total. The standard InChI is InChI=1S/C7H12N4O2/c1-5(12)7(13)8-3-6-4-9-10-11(6)2/h4-5,12H,3H2,1-2H3,(H,8,13)/t5-/m0/s1. The summed E-state index contributed by atoms with van der Waals surface area (Å²) in [5, 5.41) is 18.7. The lowest BCUT2D eigenvalue weighted by Crippen LogP contribution is -2.32. The van der Waals surface area contributed by atoms with Gasteiger partial charge in [-0.3, -0.25) is 9.48 Å². The Morgan fingerprint density at radius 1 is 1.85 bits per heavy atom. The average molecular weight is 184 g/mol. The quantitative estimate of drug-likeness (QED) is 0.619. The number of carbonyl (C=O) groups is 1. The molecule has 0 radical (unpaired) electrons. The predicted octanol–water partition coefficient (Wildman–Crippen LogP) is -1.19. The van der Waals surface area contributed by atoms with Crippen LogP contribution in [0.15, 0.2) is 6.20 Å². The van der Waals surface area contributed by atoms with Gasteiger partial charge in [0, 0.05) is 7.05 Å². The largest absolute Gasteiger partial charge is 0.384 e. The number of hydrogen-bond donors (Lipinski definition) is 2. The van der Waals surface area contributed by atoms with E-state index < -0.39 is 12.0 Å². The van der Waals surface area contributed by atoms with E-state index in [2.05, 4.69) is 15.6 Å². The number of carbonyl (C=O) groups excluding carboxylic acids is 1. The number of aryl methyl sites for hydroxylation is 1. The molecule has 0 spiro atoms. The molecule has 0 fully saturated rings. The van der Waals surface area contributed by atoms with E-state index >= 15 is 0 Å². The van der Waals surface area contributed by atoms with Crippen molar-refractivity contribution in [1.29, 1.82) is 0 Å². The molecule has 13 heavy (non-hydrogen) atoms. The summed E-state index contributed by atoms with van der Waals surface area (Å²) >= 11 is 0. The average Bonchev–Trinajstić information content (AvgIpc) is 2.47. The maximum Gasteiger partial charge on any atom is 0.248 e. The molecular formula is C7H12N4O2. The third kappa shape index (κ3) is 2.51. The van der Waals surface area contributed by atoms with E-state index in [4.69, 9.17) is 5.11 Å². The summed E-state index contributed by atoms with van der Waals surface area (Å²) in [6.45, 7) is 1.74. The molecule has 1 aromatic rings. The van der Waals surface area contributed by atoms with Gasteiger partial charge in [0.2, 0.25) is 5.91 Å². The van der Waals surface area contributed by atoms with Crippen LogP contribution in [0.1, 0.15) is 12.6 Å². The first kappa shape index (κ1) is 9.66. The zero-order valence-electron chi connectivity index (χ0n) is 7.56. The van der Waals surface area contributed by atoms with Crippen LogP contribution in [-0.4, -0.2) is 32.1 Å². The molecule has 1 rings (SSSR count). The fourth-order valence-electron chi connectivity index (χ4n) is 0.796. The summed E-state index contributed by atoms with van der Waals surface area (Å²) in [6.07, 6.45) is 0.573. The predicted molar refractivity (Wildman–Crippen MR) is 44.5 cm³/mol. The normalized spacial score (nSPS) is 12.5. The topological polar surface area (TPSA) is 80.0 Å². The van der Waals surface area contributed by atoms with Crippen LogP contribution < -0.4 is 5.32 Å². The Hall–Kier alpha value is -1.43. The van der Waals surface area contributed by atoms with Crippen molar-refractivity contribution >= 4 is 5.91 Å². The SMILES string of the molecule is C[C@H](O)C(=O)NCc1cnnn1C. The summed E-state index contributed by atoms with van der Waals surface area (Å²) in [5.41, 5.74) is 0.786. The van der Waals surface area contributed by atoms with E-state index in [0.29, 0.717) is 6.54 Å². The molecule has 0 aromatic carbocycles. The first-order valence-electron chi connectivity index (χ1n) is 3.90. The second-order valence-corrected chi connectivity index (χ2v) is 2.74. The number of hydrogen-bond acceptors (Lipinski definition) is 4. The molecule has 6 heteroatoms. The van der Waals surface area contributed by atoms with Crippen molar-refractivity contribution in [1.82, 2.24) is 20.3 Å². The molecule has 1 heterocycles.